The molecule has 0 aliphatic heterocycles. The molecule has 0 saturated carbocycles. The molecule has 1 atom stereocenters. The van der Waals surface area contributed by atoms with Crippen molar-refractivity contribution in [2.75, 3.05) is 7.11 Å². The van der Waals surface area contributed by atoms with Gasteiger partial charge in [-0.1, -0.05) is 19.1 Å². The van der Waals surface area contributed by atoms with Crippen molar-refractivity contribution in [1.29, 1.82) is 0 Å². The zero-order valence-electron chi connectivity index (χ0n) is 11.4. The van der Waals surface area contributed by atoms with Crippen LogP contribution in [0.4, 0.5) is 0 Å². The molecule has 2 aromatic rings. The third kappa shape index (κ3) is 3.33. The van der Waals surface area contributed by atoms with Crippen LogP contribution in [0.3, 0.4) is 0 Å². The maximum atomic E-state index is 11.5. The Labute approximate surface area is 121 Å². The minimum Gasteiger partial charge on any atom is -0.497 e. The molecule has 0 aliphatic carbocycles. The van der Waals surface area contributed by atoms with Crippen LogP contribution in [0.5, 0.6) is 5.75 Å². The van der Waals surface area contributed by atoms with E-state index in [0.717, 1.165) is 11.3 Å². The monoisotopic (exact) mass is 292 g/mol. The molecule has 0 aliphatic rings. The number of methoxy groups -OCH3 is 1. The summed E-state index contributed by atoms with van der Waals surface area (Å²) in [7, 11) is 1.59. The quantitative estimate of drug-likeness (QED) is 0.885. The fourth-order valence-corrected chi connectivity index (χ4v) is 2.69. The van der Waals surface area contributed by atoms with Crippen molar-refractivity contribution >= 4 is 17.5 Å². The Morgan fingerprint density at radius 3 is 2.90 bits per heavy atom. The van der Waals surface area contributed by atoms with E-state index < -0.39 is 11.9 Å². The molecule has 0 saturated heterocycles. The molecule has 1 aromatic heterocycles. The van der Waals surface area contributed by atoms with Crippen molar-refractivity contribution in [2.24, 2.45) is 0 Å². The van der Waals surface area contributed by atoms with E-state index in [1.54, 1.807) is 7.11 Å². The Balaban J connectivity index is 2.23. The first-order valence-corrected chi connectivity index (χ1v) is 7.09. The summed E-state index contributed by atoms with van der Waals surface area (Å²) in [6, 6.07) is 7.42. The third-order valence-electron chi connectivity index (χ3n) is 2.97. The summed E-state index contributed by atoms with van der Waals surface area (Å²) >= 11 is 1.17. The average Bonchev–Trinajstić information content (AvgIpc) is 2.93. The van der Waals surface area contributed by atoms with Crippen molar-refractivity contribution in [3.8, 4) is 5.75 Å². The zero-order chi connectivity index (χ0) is 14.5. The van der Waals surface area contributed by atoms with Crippen molar-refractivity contribution in [2.45, 2.75) is 25.7 Å². The number of benzene rings is 1. The minimum absolute atomic E-state index is 0.380. The van der Waals surface area contributed by atoms with Crippen LogP contribution in [0.25, 0.3) is 0 Å². The topological polar surface area (TPSA) is 72.3 Å². The summed E-state index contributed by atoms with van der Waals surface area (Å²) in [5.74, 6) is -0.133. The molecule has 0 amide bonds. The lowest BCUT2D eigenvalue weighted by Crippen LogP contribution is -2.14. The number of ether oxygens (including phenoxy) is 1. The molecule has 5 nitrogen and oxygen atoms in total. The molecule has 6 heteroatoms. The van der Waals surface area contributed by atoms with Crippen LogP contribution < -0.4 is 4.74 Å². The maximum Gasteiger partial charge on any atom is 0.313 e. The molecular formula is C14H16N2O3S. The Hall–Kier alpha value is -1.95. The van der Waals surface area contributed by atoms with Gasteiger partial charge in [0.1, 0.15) is 22.5 Å². The molecule has 20 heavy (non-hydrogen) atoms. The van der Waals surface area contributed by atoms with E-state index in [1.165, 1.54) is 11.5 Å². The summed E-state index contributed by atoms with van der Waals surface area (Å²) < 4.78 is 9.31. The van der Waals surface area contributed by atoms with Crippen LogP contribution in [-0.2, 0) is 17.6 Å². The molecule has 0 bridgehead atoms. The average molecular weight is 292 g/mol. The number of hydrogen-bond donors (Lipinski definition) is 1. The highest BCUT2D eigenvalue weighted by Crippen LogP contribution is 2.25. The predicted octanol–water partition coefficient (Wildman–Crippen LogP) is 2.52. The largest absolute Gasteiger partial charge is 0.497 e. The maximum absolute atomic E-state index is 11.5. The van der Waals surface area contributed by atoms with Crippen LogP contribution in [0, 0.1) is 0 Å². The second kappa shape index (κ2) is 6.47. The van der Waals surface area contributed by atoms with Crippen LogP contribution in [-0.4, -0.2) is 27.5 Å². The first-order chi connectivity index (χ1) is 9.63. The SMILES string of the molecule is CCc1nsc(C(Cc2cccc(OC)c2)C(=O)O)n1. The molecule has 1 aromatic carbocycles. The molecule has 1 N–H and O–H groups in total. The summed E-state index contributed by atoms with van der Waals surface area (Å²) in [5.41, 5.74) is 0.907. The van der Waals surface area contributed by atoms with E-state index in [0.29, 0.717) is 23.7 Å². The fourth-order valence-electron chi connectivity index (χ4n) is 1.87. The summed E-state index contributed by atoms with van der Waals surface area (Å²) in [6.07, 6.45) is 1.09. The number of carboxylic acids is 1. The number of carbonyl (C=O) groups is 1. The summed E-state index contributed by atoms with van der Waals surface area (Å²) in [4.78, 5) is 15.7. The fraction of sp³-hybridized carbons (Fsp3) is 0.357. The number of rotatable bonds is 6. The highest BCUT2D eigenvalue weighted by atomic mass is 32.1. The van der Waals surface area contributed by atoms with Crippen molar-refractivity contribution in [1.82, 2.24) is 9.36 Å². The van der Waals surface area contributed by atoms with Gasteiger partial charge in [-0.05, 0) is 35.6 Å². The van der Waals surface area contributed by atoms with Gasteiger partial charge >= 0.3 is 5.97 Å². The van der Waals surface area contributed by atoms with Crippen LogP contribution in [0.1, 0.15) is 29.2 Å². The van der Waals surface area contributed by atoms with Crippen molar-refractivity contribution < 1.29 is 14.6 Å². The number of aromatic nitrogens is 2. The van der Waals surface area contributed by atoms with E-state index in [4.69, 9.17) is 4.74 Å². The molecule has 2 rings (SSSR count). The summed E-state index contributed by atoms with van der Waals surface area (Å²) in [5, 5.41) is 9.96. The first kappa shape index (κ1) is 14.5. The van der Waals surface area contributed by atoms with E-state index in [-0.39, 0.29) is 0 Å². The number of nitrogens with zero attached hydrogens (tertiary/aromatic N) is 2. The molecule has 106 valence electrons. The minimum atomic E-state index is -0.883. The van der Waals surface area contributed by atoms with Crippen LogP contribution >= 0.6 is 11.5 Å². The smallest absolute Gasteiger partial charge is 0.313 e. The van der Waals surface area contributed by atoms with Crippen molar-refractivity contribution in [3.63, 3.8) is 0 Å². The lowest BCUT2D eigenvalue weighted by Gasteiger charge is -2.10. The predicted molar refractivity (Wildman–Crippen MR) is 76.4 cm³/mol. The third-order valence-corrected chi connectivity index (χ3v) is 3.84. The normalized spacial score (nSPS) is 12.1. The molecule has 1 unspecified atom stereocenters. The number of aryl methyl sites for hydroxylation is 1. The van der Waals surface area contributed by atoms with Gasteiger partial charge in [-0.3, -0.25) is 4.79 Å². The Morgan fingerprint density at radius 1 is 1.50 bits per heavy atom. The first-order valence-electron chi connectivity index (χ1n) is 6.32. The standard InChI is InChI=1S/C14H16N2O3S/c1-3-12-15-13(20-16-12)11(14(17)18)8-9-5-4-6-10(7-9)19-2/h4-7,11H,3,8H2,1-2H3,(H,17,18). The van der Waals surface area contributed by atoms with E-state index in [1.807, 2.05) is 31.2 Å². The summed E-state index contributed by atoms with van der Waals surface area (Å²) in [6.45, 7) is 1.95. The molecule has 0 spiro atoms. The number of carboxylic acid groups (broad SMARTS) is 1. The second-order valence-corrected chi connectivity index (χ2v) is 5.13. The van der Waals surface area contributed by atoms with E-state index in [9.17, 15) is 9.90 Å². The van der Waals surface area contributed by atoms with Gasteiger partial charge in [0.15, 0.2) is 0 Å². The van der Waals surface area contributed by atoms with Gasteiger partial charge in [0, 0.05) is 6.42 Å². The van der Waals surface area contributed by atoms with Gasteiger partial charge in [0.2, 0.25) is 0 Å². The second-order valence-electron chi connectivity index (χ2n) is 4.35. The molecule has 0 fully saturated rings. The van der Waals surface area contributed by atoms with Gasteiger partial charge in [-0.2, -0.15) is 4.37 Å². The number of aliphatic carboxylic acids is 1. The Kier molecular flexibility index (Phi) is 4.68. The lowest BCUT2D eigenvalue weighted by atomic mass is 10.00. The van der Waals surface area contributed by atoms with Crippen LogP contribution in [0.2, 0.25) is 0 Å². The highest BCUT2D eigenvalue weighted by molar-refractivity contribution is 7.05. The van der Waals surface area contributed by atoms with Gasteiger partial charge in [-0.15, -0.1) is 0 Å². The van der Waals surface area contributed by atoms with E-state index in [2.05, 4.69) is 9.36 Å². The number of hydrogen-bond acceptors (Lipinski definition) is 5. The molecular weight excluding hydrogens is 276 g/mol. The van der Waals surface area contributed by atoms with Gasteiger partial charge in [0.25, 0.3) is 0 Å². The Bertz CT molecular complexity index is 598. The molecule has 1 heterocycles. The van der Waals surface area contributed by atoms with Crippen molar-refractivity contribution in [3.05, 3.63) is 40.7 Å². The van der Waals surface area contributed by atoms with Crippen LogP contribution in [0.15, 0.2) is 24.3 Å². The highest BCUT2D eigenvalue weighted by Gasteiger charge is 2.24. The van der Waals surface area contributed by atoms with Gasteiger partial charge < -0.3 is 9.84 Å². The van der Waals surface area contributed by atoms with Gasteiger partial charge in [0.05, 0.1) is 7.11 Å². The Morgan fingerprint density at radius 2 is 2.30 bits per heavy atom. The lowest BCUT2D eigenvalue weighted by molar-refractivity contribution is -0.138. The zero-order valence-corrected chi connectivity index (χ0v) is 12.2. The van der Waals surface area contributed by atoms with E-state index >= 15 is 0 Å². The molecule has 0 radical (unpaired) electrons. The van der Waals surface area contributed by atoms with Gasteiger partial charge in [-0.25, -0.2) is 4.98 Å².